The van der Waals surface area contributed by atoms with Crippen molar-refractivity contribution in [2.45, 2.75) is 39.3 Å². The lowest BCUT2D eigenvalue weighted by Crippen LogP contribution is -2.47. The molecule has 3 rings (SSSR count). The van der Waals surface area contributed by atoms with Crippen molar-refractivity contribution in [3.63, 3.8) is 0 Å². The van der Waals surface area contributed by atoms with Crippen LogP contribution in [0.2, 0.25) is 0 Å². The van der Waals surface area contributed by atoms with E-state index in [1.807, 2.05) is 25.7 Å². The quantitative estimate of drug-likeness (QED) is 0.821. The van der Waals surface area contributed by atoms with Crippen LogP contribution < -0.4 is 0 Å². The van der Waals surface area contributed by atoms with E-state index >= 15 is 0 Å². The summed E-state index contributed by atoms with van der Waals surface area (Å²) in [4.78, 5) is 30.9. The van der Waals surface area contributed by atoms with Gasteiger partial charge in [-0.1, -0.05) is 0 Å². The van der Waals surface area contributed by atoms with Crippen molar-refractivity contribution in [3.8, 4) is 0 Å². The lowest BCUT2D eigenvalue weighted by atomic mass is 10.0. The Morgan fingerprint density at radius 3 is 2.40 bits per heavy atom. The van der Waals surface area contributed by atoms with Crippen molar-refractivity contribution in [1.82, 2.24) is 24.9 Å². The first-order chi connectivity index (χ1) is 11.7. The highest BCUT2D eigenvalue weighted by Gasteiger charge is 2.32. The van der Waals surface area contributed by atoms with Gasteiger partial charge in [0.2, 0.25) is 0 Å². The fraction of sp³-hybridized carbons (Fsp3) is 0.706. The maximum absolute atomic E-state index is 12.8. The van der Waals surface area contributed by atoms with Crippen LogP contribution in [0.4, 0.5) is 4.79 Å². The SMILES string of the molecule is CN1CCN(C(=O)c2n[nH]c3c2CN(C(=O)OC(C)(C)C)CC3)CC1. The fourth-order valence-electron chi connectivity index (χ4n) is 3.11. The van der Waals surface area contributed by atoms with Gasteiger partial charge in [0.25, 0.3) is 5.91 Å². The normalized spacial score (nSPS) is 18.9. The van der Waals surface area contributed by atoms with Crippen molar-refractivity contribution in [2.75, 3.05) is 39.8 Å². The van der Waals surface area contributed by atoms with Crippen LogP contribution in [0.1, 0.15) is 42.5 Å². The summed E-state index contributed by atoms with van der Waals surface area (Å²) in [5.74, 6) is -0.0587. The molecule has 1 aromatic rings. The lowest BCUT2D eigenvalue weighted by molar-refractivity contribution is 0.0221. The third-order valence-electron chi connectivity index (χ3n) is 4.58. The number of likely N-dealkylation sites (N-methyl/N-ethyl adjacent to an activating group) is 1. The molecule has 1 fully saturated rings. The van der Waals surface area contributed by atoms with Gasteiger partial charge < -0.3 is 19.4 Å². The number of ether oxygens (including phenoxy) is 1. The van der Waals surface area contributed by atoms with Gasteiger partial charge in [0.15, 0.2) is 5.69 Å². The maximum atomic E-state index is 12.8. The number of amides is 2. The van der Waals surface area contributed by atoms with Crippen molar-refractivity contribution >= 4 is 12.0 Å². The molecule has 25 heavy (non-hydrogen) atoms. The first-order valence-electron chi connectivity index (χ1n) is 8.76. The summed E-state index contributed by atoms with van der Waals surface area (Å²) in [5.41, 5.74) is 1.66. The third-order valence-corrected chi connectivity index (χ3v) is 4.58. The molecule has 1 saturated heterocycles. The number of carbonyl (C=O) groups excluding carboxylic acids is 2. The number of H-pyrrole nitrogens is 1. The number of hydrogen-bond acceptors (Lipinski definition) is 5. The number of nitrogens with zero attached hydrogens (tertiary/aromatic N) is 4. The number of carbonyl (C=O) groups is 2. The van der Waals surface area contributed by atoms with E-state index in [0.29, 0.717) is 38.3 Å². The van der Waals surface area contributed by atoms with Gasteiger partial charge in [-0.15, -0.1) is 0 Å². The van der Waals surface area contributed by atoms with Gasteiger partial charge in [0.1, 0.15) is 5.60 Å². The topological polar surface area (TPSA) is 81.8 Å². The number of rotatable bonds is 1. The van der Waals surface area contributed by atoms with Crippen LogP contribution in [0.5, 0.6) is 0 Å². The van der Waals surface area contributed by atoms with Crippen LogP contribution in [0.15, 0.2) is 0 Å². The minimum Gasteiger partial charge on any atom is -0.444 e. The van der Waals surface area contributed by atoms with Gasteiger partial charge in [-0.2, -0.15) is 5.10 Å². The van der Waals surface area contributed by atoms with Gasteiger partial charge in [-0.3, -0.25) is 9.89 Å². The second-order valence-corrected chi connectivity index (χ2v) is 7.78. The number of nitrogens with one attached hydrogen (secondary N) is 1. The number of hydrogen-bond donors (Lipinski definition) is 1. The summed E-state index contributed by atoms with van der Waals surface area (Å²) in [6.45, 7) is 9.59. The van der Waals surface area contributed by atoms with E-state index in [4.69, 9.17) is 4.74 Å². The van der Waals surface area contributed by atoms with Crippen LogP contribution in [0.3, 0.4) is 0 Å². The van der Waals surface area contributed by atoms with Crippen molar-refractivity contribution < 1.29 is 14.3 Å². The van der Waals surface area contributed by atoms with Crippen molar-refractivity contribution in [2.24, 2.45) is 0 Å². The Hall–Kier alpha value is -2.09. The summed E-state index contributed by atoms with van der Waals surface area (Å²) in [7, 11) is 2.05. The Labute approximate surface area is 148 Å². The monoisotopic (exact) mass is 349 g/mol. The average molecular weight is 349 g/mol. The van der Waals surface area contributed by atoms with Gasteiger partial charge >= 0.3 is 6.09 Å². The second kappa shape index (κ2) is 6.67. The molecule has 1 aromatic heterocycles. The molecule has 0 saturated carbocycles. The summed E-state index contributed by atoms with van der Waals surface area (Å²) in [5, 5.41) is 7.23. The van der Waals surface area contributed by atoms with E-state index in [1.165, 1.54) is 0 Å². The minimum atomic E-state index is -0.535. The molecule has 0 aliphatic carbocycles. The molecule has 1 N–H and O–H groups in total. The molecule has 8 heteroatoms. The Balaban J connectivity index is 1.73. The Bertz CT molecular complexity index is 656. The second-order valence-electron chi connectivity index (χ2n) is 7.78. The van der Waals surface area contributed by atoms with E-state index < -0.39 is 5.60 Å². The first kappa shape index (κ1) is 17.7. The number of piperazine rings is 1. The molecular formula is C17H27N5O3. The number of fused-ring (bicyclic) bond motifs is 1. The molecule has 0 bridgehead atoms. The zero-order chi connectivity index (χ0) is 18.2. The fourth-order valence-corrected chi connectivity index (χ4v) is 3.11. The van der Waals surface area contributed by atoms with Gasteiger partial charge in [-0.25, -0.2) is 4.79 Å². The standard InChI is InChI=1S/C17H27N5O3/c1-17(2,3)25-16(24)22-6-5-13-12(11-22)14(19-18-13)15(23)21-9-7-20(4)8-10-21/h5-11H2,1-4H3,(H,18,19). The molecule has 2 amide bonds. The molecule has 0 radical (unpaired) electrons. The largest absolute Gasteiger partial charge is 0.444 e. The van der Waals surface area contributed by atoms with Crippen molar-refractivity contribution in [3.05, 3.63) is 17.0 Å². The molecule has 3 heterocycles. The summed E-state index contributed by atoms with van der Waals surface area (Å²) >= 11 is 0. The summed E-state index contributed by atoms with van der Waals surface area (Å²) in [6.07, 6.45) is 0.301. The number of aromatic amines is 1. The molecule has 2 aliphatic heterocycles. The van der Waals surface area contributed by atoms with Crippen LogP contribution in [-0.4, -0.2) is 82.3 Å². The Morgan fingerprint density at radius 2 is 1.76 bits per heavy atom. The van der Waals surface area contributed by atoms with E-state index in [2.05, 4.69) is 22.1 Å². The zero-order valence-corrected chi connectivity index (χ0v) is 15.5. The molecule has 0 aromatic carbocycles. The molecule has 0 atom stereocenters. The molecule has 138 valence electrons. The molecular weight excluding hydrogens is 322 g/mol. The summed E-state index contributed by atoms with van der Waals surface area (Å²) in [6, 6.07) is 0. The van der Waals surface area contributed by atoms with Crippen LogP contribution in [0, 0.1) is 0 Å². The highest BCUT2D eigenvalue weighted by atomic mass is 16.6. The molecule has 0 unspecified atom stereocenters. The van der Waals surface area contributed by atoms with E-state index in [1.54, 1.807) is 4.90 Å². The predicted octanol–water partition coefficient (Wildman–Crippen LogP) is 1.09. The Kier molecular flexibility index (Phi) is 4.73. The number of aromatic nitrogens is 2. The smallest absolute Gasteiger partial charge is 0.410 e. The third kappa shape index (κ3) is 3.95. The van der Waals surface area contributed by atoms with Gasteiger partial charge in [-0.05, 0) is 27.8 Å². The highest BCUT2D eigenvalue weighted by molar-refractivity contribution is 5.94. The van der Waals surface area contributed by atoms with Gasteiger partial charge in [0, 0.05) is 50.4 Å². The average Bonchev–Trinajstić information content (AvgIpc) is 2.96. The lowest BCUT2D eigenvalue weighted by Gasteiger charge is -2.33. The molecule has 2 aliphatic rings. The predicted molar refractivity (Wildman–Crippen MR) is 92.3 cm³/mol. The zero-order valence-electron chi connectivity index (χ0n) is 15.5. The molecule has 8 nitrogen and oxygen atoms in total. The van der Waals surface area contributed by atoms with Crippen LogP contribution >= 0.6 is 0 Å². The van der Waals surface area contributed by atoms with E-state index in [9.17, 15) is 9.59 Å². The van der Waals surface area contributed by atoms with Crippen LogP contribution in [0.25, 0.3) is 0 Å². The van der Waals surface area contributed by atoms with E-state index in [0.717, 1.165) is 24.3 Å². The van der Waals surface area contributed by atoms with Crippen LogP contribution in [-0.2, 0) is 17.7 Å². The first-order valence-corrected chi connectivity index (χ1v) is 8.76. The minimum absolute atomic E-state index is 0.0587. The van der Waals surface area contributed by atoms with Crippen molar-refractivity contribution in [1.29, 1.82) is 0 Å². The molecule has 0 spiro atoms. The highest BCUT2D eigenvalue weighted by Crippen LogP contribution is 2.23. The van der Waals surface area contributed by atoms with Gasteiger partial charge in [0.05, 0.1) is 6.54 Å². The maximum Gasteiger partial charge on any atom is 0.410 e. The summed E-state index contributed by atoms with van der Waals surface area (Å²) < 4.78 is 5.45. The Morgan fingerprint density at radius 1 is 1.08 bits per heavy atom. The van der Waals surface area contributed by atoms with E-state index in [-0.39, 0.29) is 12.0 Å².